The zero-order valence-electron chi connectivity index (χ0n) is 14.4. The van der Waals surface area contributed by atoms with Gasteiger partial charge in [-0.15, -0.1) is 0 Å². The van der Waals surface area contributed by atoms with E-state index >= 15 is 0 Å². The Morgan fingerprint density at radius 1 is 1.15 bits per heavy atom. The molecule has 0 saturated carbocycles. The molecule has 4 rings (SSSR count). The van der Waals surface area contributed by atoms with Crippen LogP contribution in [0.3, 0.4) is 0 Å². The molecule has 0 N–H and O–H groups in total. The van der Waals surface area contributed by atoms with Crippen LogP contribution in [0.4, 0.5) is 8.78 Å². The Kier molecular flexibility index (Phi) is 4.66. The van der Waals surface area contributed by atoms with Gasteiger partial charge in [-0.2, -0.15) is 4.39 Å². The van der Waals surface area contributed by atoms with Crippen molar-refractivity contribution < 1.29 is 18.0 Å². The first-order valence-electron chi connectivity index (χ1n) is 8.69. The normalized spacial score (nSPS) is 19.9. The Bertz CT molecular complexity index is 925. The predicted molar refractivity (Wildman–Crippen MR) is 93.6 cm³/mol. The molecule has 5 nitrogen and oxygen atoms in total. The van der Waals surface area contributed by atoms with E-state index in [9.17, 15) is 13.6 Å². The van der Waals surface area contributed by atoms with Crippen molar-refractivity contribution in [3.63, 3.8) is 0 Å². The molecule has 0 aliphatic carbocycles. The molecule has 1 aliphatic heterocycles. The summed E-state index contributed by atoms with van der Waals surface area (Å²) in [5.41, 5.74) is 2.08. The molecule has 27 heavy (non-hydrogen) atoms. The number of pyridine rings is 1. The summed E-state index contributed by atoms with van der Waals surface area (Å²) in [6.07, 6.45) is 5.35. The van der Waals surface area contributed by atoms with Gasteiger partial charge in [0, 0.05) is 18.3 Å². The van der Waals surface area contributed by atoms with Crippen LogP contribution in [0.15, 0.2) is 53.3 Å². The van der Waals surface area contributed by atoms with E-state index in [1.165, 1.54) is 30.7 Å². The third kappa shape index (κ3) is 3.45. The molecule has 1 unspecified atom stereocenters. The number of nitrogens with zero attached hydrogens (tertiary/aromatic N) is 3. The van der Waals surface area contributed by atoms with E-state index in [-0.39, 0.29) is 17.8 Å². The molecule has 2 atom stereocenters. The first kappa shape index (κ1) is 17.3. The van der Waals surface area contributed by atoms with Crippen LogP contribution in [-0.4, -0.2) is 27.8 Å². The number of carbonyl (C=O) groups is 1. The highest BCUT2D eigenvalue weighted by atomic mass is 19.1. The van der Waals surface area contributed by atoms with Crippen LogP contribution < -0.4 is 0 Å². The van der Waals surface area contributed by atoms with Gasteiger partial charge in [0.25, 0.3) is 0 Å². The van der Waals surface area contributed by atoms with Crippen molar-refractivity contribution in [1.29, 1.82) is 0 Å². The lowest BCUT2D eigenvalue weighted by molar-refractivity contribution is -0.122. The Labute approximate surface area is 154 Å². The third-order valence-electron chi connectivity index (χ3n) is 4.88. The second kappa shape index (κ2) is 7.26. The van der Waals surface area contributed by atoms with Gasteiger partial charge in [0.2, 0.25) is 12.4 Å². The maximum Gasteiger partial charge on any atom is 0.212 e. The minimum atomic E-state index is -0.571. The molecule has 0 spiro atoms. The van der Waals surface area contributed by atoms with Gasteiger partial charge in [-0.3, -0.25) is 4.79 Å². The summed E-state index contributed by atoms with van der Waals surface area (Å²) in [4.78, 5) is 21.5. The van der Waals surface area contributed by atoms with E-state index in [1.54, 1.807) is 23.1 Å². The highest BCUT2D eigenvalue weighted by Crippen LogP contribution is 2.41. The Hall–Kier alpha value is -3.09. The van der Waals surface area contributed by atoms with Gasteiger partial charge in [0.1, 0.15) is 17.8 Å². The number of aromatic nitrogens is 2. The zero-order valence-corrected chi connectivity index (χ0v) is 14.4. The minimum absolute atomic E-state index is 0.176. The maximum absolute atomic E-state index is 13.2. The lowest BCUT2D eigenvalue weighted by Gasteiger charge is -2.37. The summed E-state index contributed by atoms with van der Waals surface area (Å²) in [5, 5.41) is 0. The number of hydrogen-bond acceptors (Lipinski definition) is 4. The van der Waals surface area contributed by atoms with E-state index in [0.29, 0.717) is 18.1 Å². The van der Waals surface area contributed by atoms with E-state index in [2.05, 4.69) is 9.97 Å². The van der Waals surface area contributed by atoms with Crippen molar-refractivity contribution in [3.8, 4) is 11.3 Å². The van der Waals surface area contributed by atoms with E-state index in [4.69, 9.17) is 4.42 Å². The molecule has 1 aliphatic rings. The highest BCUT2D eigenvalue weighted by Gasteiger charge is 2.36. The largest absolute Gasteiger partial charge is 0.448 e. The van der Waals surface area contributed by atoms with Gasteiger partial charge >= 0.3 is 0 Å². The average molecular weight is 369 g/mol. The molecule has 7 heteroatoms. The fourth-order valence-electron chi connectivity index (χ4n) is 3.60. The topological polar surface area (TPSA) is 59.2 Å². The van der Waals surface area contributed by atoms with Crippen molar-refractivity contribution in [2.24, 2.45) is 0 Å². The van der Waals surface area contributed by atoms with Crippen LogP contribution >= 0.6 is 0 Å². The van der Waals surface area contributed by atoms with Crippen molar-refractivity contribution in [3.05, 3.63) is 72.1 Å². The number of oxazole rings is 1. The molecule has 1 saturated heterocycles. The zero-order chi connectivity index (χ0) is 18.8. The van der Waals surface area contributed by atoms with E-state index in [0.717, 1.165) is 30.4 Å². The van der Waals surface area contributed by atoms with Gasteiger partial charge in [-0.25, -0.2) is 14.4 Å². The Morgan fingerprint density at radius 3 is 2.67 bits per heavy atom. The summed E-state index contributed by atoms with van der Waals surface area (Å²) in [6, 6.07) is 8.59. The molecule has 1 amide bonds. The van der Waals surface area contributed by atoms with Crippen LogP contribution in [0.25, 0.3) is 11.3 Å². The van der Waals surface area contributed by atoms with Gasteiger partial charge < -0.3 is 9.32 Å². The van der Waals surface area contributed by atoms with Gasteiger partial charge in [-0.1, -0.05) is 6.07 Å². The van der Waals surface area contributed by atoms with E-state index in [1.807, 2.05) is 0 Å². The molecule has 3 heterocycles. The number of hydrogen-bond donors (Lipinski definition) is 0. The number of rotatable bonds is 4. The third-order valence-corrected chi connectivity index (χ3v) is 4.88. The monoisotopic (exact) mass is 369 g/mol. The fraction of sp³-hybridized carbons (Fsp3) is 0.250. The van der Waals surface area contributed by atoms with Crippen LogP contribution in [0.2, 0.25) is 0 Å². The number of amides is 1. The number of piperidine rings is 1. The average Bonchev–Trinajstić information content (AvgIpc) is 3.18. The summed E-state index contributed by atoms with van der Waals surface area (Å²) in [7, 11) is 0. The van der Waals surface area contributed by atoms with Gasteiger partial charge in [-0.05, 0) is 48.7 Å². The van der Waals surface area contributed by atoms with Crippen LogP contribution in [-0.2, 0) is 4.79 Å². The molecule has 3 aromatic rings. The summed E-state index contributed by atoms with van der Waals surface area (Å²) < 4.78 is 32.1. The molecule has 0 radical (unpaired) electrons. The molecular formula is C20H17F2N3O2. The molecule has 138 valence electrons. The summed E-state index contributed by atoms with van der Waals surface area (Å²) in [5.74, 6) is -0.570. The standard InChI is InChI=1S/C20H17F2N3O2/c21-15-6-3-13(4-7-15)17-11-27-20(24-17)16-2-1-9-25(12-26)19(16)14-5-8-18(22)23-10-14/h3-8,10-12,16,19H,1-2,9H2/t16-,19?/m0/s1. The van der Waals surface area contributed by atoms with E-state index < -0.39 is 5.95 Å². The molecule has 0 bridgehead atoms. The van der Waals surface area contributed by atoms with Crippen molar-refractivity contribution >= 4 is 6.41 Å². The molecule has 2 aromatic heterocycles. The first-order chi connectivity index (χ1) is 13.2. The maximum atomic E-state index is 13.2. The Morgan fingerprint density at radius 2 is 1.96 bits per heavy atom. The predicted octanol–water partition coefficient (Wildman–Crippen LogP) is 4.09. The van der Waals surface area contributed by atoms with Crippen LogP contribution in [0, 0.1) is 11.8 Å². The highest BCUT2D eigenvalue weighted by molar-refractivity contribution is 5.57. The number of likely N-dealkylation sites (tertiary alicyclic amines) is 1. The van der Waals surface area contributed by atoms with Crippen molar-refractivity contribution in [1.82, 2.24) is 14.9 Å². The van der Waals surface area contributed by atoms with Crippen LogP contribution in [0.5, 0.6) is 0 Å². The lowest BCUT2D eigenvalue weighted by atomic mass is 9.85. The summed E-state index contributed by atoms with van der Waals surface area (Å²) >= 11 is 0. The second-order valence-corrected chi connectivity index (χ2v) is 6.53. The second-order valence-electron chi connectivity index (χ2n) is 6.53. The minimum Gasteiger partial charge on any atom is -0.448 e. The van der Waals surface area contributed by atoms with Gasteiger partial charge in [0.15, 0.2) is 5.89 Å². The SMILES string of the molecule is O=CN1CCC[C@H](c2nc(-c3ccc(F)cc3)co2)C1c1ccc(F)nc1. The molecule has 1 aromatic carbocycles. The smallest absolute Gasteiger partial charge is 0.212 e. The van der Waals surface area contributed by atoms with Crippen molar-refractivity contribution in [2.45, 2.75) is 24.8 Å². The lowest BCUT2D eigenvalue weighted by Crippen LogP contribution is -2.37. The Balaban J connectivity index is 1.68. The van der Waals surface area contributed by atoms with Gasteiger partial charge in [0.05, 0.1) is 12.0 Å². The molecular weight excluding hydrogens is 352 g/mol. The first-order valence-corrected chi connectivity index (χ1v) is 8.69. The summed E-state index contributed by atoms with van der Waals surface area (Å²) in [6.45, 7) is 0.605. The quantitative estimate of drug-likeness (QED) is 0.513. The van der Waals surface area contributed by atoms with Crippen LogP contribution in [0.1, 0.15) is 36.3 Å². The number of halogens is 2. The van der Waals surface area contributed by atoms with Crippen molar-refractivity contribution in [2.75, 3.05) is 6.54 Å². The number of benzene rings is 1. The fourth-order valence-corrected chi connectivity index (χ4v) is 3.60. The molecule has 1 fully saturated rings. The number of carbonyl (C=O) groups excluding carboxylic acids is 1.